The zero-order valence-corrected chi connectivity index (χ0v) is 13.7. The van der Waals surface area contributed by atoms with Crippen molar-refractivity contribution in [1.29, 1.82) is 0 Å². The Kier molecular flexibility index (Phi) is 5.03. The second-order valence-electron chi connectivity index (χ2n) is 5.93. The van der Waals surface area contributed by atoms with Crippen molar-refractivity contribution in [3.05, 3.63) is 46.9 Å². The molecule has 1 aliphatic heterocycles. The Morgan fingerprint density at radius 3 is 2.70 bits per heavy atom. The fourth-order valence-corrected chi connectivity index (χ4v) is 2.68. The van der Waals surface area contributed by atoms with Gasteiger partial charge in [0.2, 0.25) is 0 Å². The lowest BCUT2D eigenvalue weighted by atomic mass is 9.94. The van der Waals surface area contributed by atoms with Crippen LogP contribution >= 0.6 is 0 Å². The highest BCUT2D eigenvalue weighted by molar-refractivity contribution is 5.95. The Morgan fingerprint density at radius 1 is 1.43 bits per heavy atom. The van der Waals surface area contributed by atoms with E-state index in [4.69, 9.17) is 4.74 Å². The van der Waals surface area contributed by atoms with E-state index in [1.165, 1.54) is 24.1 Å². The molecule has 23 heavy (non-hydrogen) atoms. The van der Waals surface area contributed by atoms with E-state index in [9.17, 15) is 14.0 Å². The molecule has 0 aliphatic carbocycles. The molecule has 6 heteroatoms. The predicted octanol–water partition coefficient (Wildman–Crippen LogP) is 3.00. The lowest BCUT2D eigenvalue weighted by Crippen LogP contribution is -2.49. The predicted molar refractivity (Wildman–Crippen MR) is 83.9 cm³/mol. The summed E-state index contributed by atoms with van der Waals surface area (Å²) < 4.78 is 18.4. The third kappa shape index (κ3) is 3.52. The molecular weight excluding hydrogens is 299 g/mol. The lowest BCUT2D eigenvalue weighted by molar-refractivity contribution is -0.136. The largest absolute Gasteiger partial charge is 0.466 e. The van der Waals surface area contributed by atoms with Crippen molar-refractivity contribution >= 4 is 12.0 Å². The first-order valence-electron chi connectivity index (χ1n) is 7.47. The van der Waals surface area contributed by atoms with E-state index in [1.54, 1.807) is 19.1 Å². The fraction of sp³-hybridized carbons (Fsp3) is 0.412. The van der Waals surface area contributed by atoms with Gasteiger partial charge in [0.15, 0.2) is 0 Å². The number of nitrogens with zero attached hydrogens (tertiary/aromatic N) is 1. The molecule has 1 heterocycles. The number of esters is 1. The molecular formula is C17H21FN2O3. The van der Waals surface area contributed by atoms with Crippen molar-refractivity contribution in [2.45, 2.75) is 26.8 Å². The van der Waals surface area contributed by atoms with E-state index in [2.05, 4.69) is 5.32 Å². The number of amides is 2. The van der Waals surface area contributed by atoms with E-state index < -0.39 is 17.8 Å². The summed E-state index contributed by atoms with van der Waals surface area (Å²) in [4.78, 5) is 26.2. The summed E-state index contributed by atoms with van der Waals surface area (Å²) in [5.41, 5.74) is 1.35. The Morgan fingerprint density at radius 2 is 2.13 bits per heavy atom. The minimum atomic E-state index is -0.728. The molecule has 2 rings (SSSR count). The van der Waals surface area contributed by atoms with Crippen LogP contribution in [0.4, 0.5) is 9.18 Å². The summed E-state index contributed by atoms with van der Waals surface area (Å²) in [5, 5.41) is 2.77. The topological polar surface area (TPSA) is 58.6 Å². The van der Waals surface area contributed by atoms with Gasteiger partial charge in [-0.25, -0.2) is 14.0 Å². The summed E-state index contributed by atoms with van der Waals surface area (Å²) in [6.45, 7) is 6.15. The molecule has 0 saturated carbocycles. The van der Waals surface area contributed by atoms with Crippen LogP contribution < -0.4 is 5.32 Å². The minimum Gasteiger partial charge on any atom is -0.466 e. The number of carbonyl (C=O) groups excluding carboxylic acids is 2. The molecule has 0 fully saturated rings. The molecule has 0 unspecified atom stereocenters. The molecule has 0 spiro atoms. The molecule has 1 N–H and O–H groups in total. The maximum Gasteiger partial charge on any atom is 0.337 e. The molecule has 124 valence electrons. The van der Waals surface area contributed by atoms with Crippen molar-refractivity contribution in [2.24, 2.45) is 5.92 Å². The van der Waals surface area contributed by atoms with Crippen molar-refractivity contribution in [3.8, 4) is 0 Å². The van der Waals surface area contributed by atoms with E-state index in [1.807, 2.05) is 13.8 Å². The number of ether oxygens (including phenoxy) is 1. The van der Waals surface area contributed by atoms with Crippen LogP contribution in [0.1, 0.15) is 32.4 Å². The van der Waals surface area contributed by atoms with Crippen molar-refractivity contribution in [3.63, 3.8) is 0 Å². The molecule has 1 atom stereocenters. The number of methoxy groups -OCH3 is 1. The van der Waals surface area contributed by atoms with Gasteiger partial charge in [-0.3, -0.25) is 4.90 Å². The first-order chi connectivity index (χ1) is 10.8. The number of urea groups is 1. The van der Waals surface area contributed by atoms with Gasteiger partial charge in [-0.2, -0.15) is 0 Å². The number of hydrogen-bond donors (Lipinski definition) is 1. The third-order valence-corrected chi connectivity index (χ3v) is 3.73. The number of benzene rings is 1. The van der Waals surface area contributed by atoms with Crippen LogP contribution in [0.3, 0.4) is 0 Å². The smallest absolute Gasteiger partial charge is 0.337 e. The SMILES string of the molecule is COC(=O)C1=C(C)N(CC(C)C)C(=O)N[C@@H]1c1cccc(F)c1. The van der Waals surface area contributed by atoms with Gasteiger partial charge in [-0.05, 0) is 30.5 Å². The van der Waals surface area contributed by atoms with Crippen LogP contribution in [0.2, 0.25) is 0 Å². The van der Waals surface area contributed by atoms with Gasteiger partial charge in [0.05, 0.1) is 18.7 Å². The average molecular weight is 320 g/mol. The summed E-state index contributed by atoms with van der Waals surface area (Å²) in [6.07, 6.45) is 0. The second kappa shape index (κ2) is 6.81. The maximum atomic E-state index is 13.5. The van der Waals surface area contributed by atoms with Crippen LogP contribution in [-0.4, -0.2) is 30.6 Å². The van der Waals surface area contributed by atoms with E-state index >= 15 is 0 Å². The Balaban J connectivity index is 2.52. The quantitative estimate of drug-likeness (QED) is 0.868. The summed E-state index contributed by atoms with van der Waals surface area (Å²) in [5.74, 6) is -0.728. The first kappa shape index (κ1) is 17.0. The highest BCUT2D eigenvalue weighted by atomic mass is 19.1. The normalized spacial score (nSPS) is 18.3. The maximum absolute atomic E-state index is 13.5. The monoisotopic (exact) mass is 320 g/mol. The molecule has 1 aliphatic rings. The van der Waals surface area contributed by atoms with E-state index in [0.29, 0.717) is 23.4 Å². The molecule has 0 radical (unpaired) electrons. The number of rotatable bonds is 4. The van der Waals surface area contributed by atoms with Crippen LogP contribution in [-0.2, 0) is 9.53 Å². The van der Waals surface area contributed by atoms with Crippen molar-refractivity contribution in [1.82, 2.24) is 10.2 Å². The number of nitrogens with one attached hydrogen (secondary N) is 1. The van der Waals surface area contributed by atoms with Crippen LogP contribution in [0, 0.1) is 11.7 Å². The van der Waals surface area contributed by atoms with Crippen LogP contribution in [0.15, 0.2) is 35.5 Å². The number of hydrogen-bond acceptors (Lipinski definition) is 3. The number of halogens is 1. The van der Waals surface area contributed by atoms with Crippen LogP contribution in [0.25, 0.3) is 0 Å². The van der Waals surface area contributed by atoms with E-state index in [0.717, 1.165) is 0 Å². The molecule has 2 amide bonds. The van der Waals surface area contributed by atoms with Gasteiger partial charge in [0, 0.05) is 12.2 Å². The summed E-state index contributed by atoms with van der Waals surface area (Å²) in [6, 6.07) is 4.80. The highest BCUT2D eigenvalue weighted by Gasteiger charge is 2.36. The van der Waals surface area contributed by atoms with Gasteiger partial charge >= 0.3 is 12.0 Å². The average Bonchev–Trinajstić information content (AvgIpc) is 2.50. The van der Waals surface area contributed by atoms with E-state index in [-0.39, 0.29) is 11.9 Å². The highest BCUT2D eigenvalue weighted by Crippen LogP contribution is 2.31. The second-order valence-corrected chi connectivity index (χ2v) is 5.93. The Labute approximate surface area is 135 Å². The Bertz CT molecular complexity index is 655. The first-order valence-corrected chi connectivity index (χ1v) is 7.47. The van der Waals surface area contributed by atoms with Crippen LogP contribution in [0.5, 0.6) is 0 Å². The lowest BCUT2D eigenvalue weighted by Gasteiger charge is -2.36. The van der Waals surface area contributed by atoms with Gasteiger partial charge in [-0.1, -0.05) is 26.0 Å². The number of allylic oxidation sites excluding steroid dienone is 1. The van der Waals surface area contributed by atoms with Gasteiger partial charge in [-0.15, -0.1) is 0 Å². The zero-order valence-electron chi connectivity index (χ0n) is 13.7. The summed E-state index contributed by atoms with van der Waals surface area (Å²) in [7, 11) is 1.29. The molecule has 0 bridgehead atoms. The Hall–Kier alpha value is -2.37. The van der Waals surface area contributed by atoms with Crippen molar-refractivity contribution in [2.75, 3.05) is 13.7 Å². The zero-order chi connectivity index (χ0) is 17.1. The van der Waals surface area contributed by atoms with Crippen molar-refractivity contribution < 1.29 is 18.7 Å². The molecule has 1 aromatic carbocycles. The molecule has 0 saturated heterocycles. The number of carbonyl (C=O) groups is 2. The summed E-state index contributed by atoms with van der Waals surface area (Å²) >= 11 is 0. The standard InChI is InChI=1S/C17H21FN2O3/c1-10(2)9-20-11(3)14(16(21)23-4)15(19-17(20)22)12-6-5-7-13(18)8-12/h5-8,10,15H,9H2,1-4H3,(H,19,22)/t15-/m1/s1. The fourth-order valence-electron chi connectivity index (χ4n) is 2.68. The molecule has 0 aromatic heterocycles. The molecule has 5 nitrogen and oxygen atoms in total. The third-order valence-electron chi connectivity index (χ3n) is 3.73. The van der Waals surface area contributed by atoms with Gasteiger partial charge in [0.25, 0.3) is 0 Å². The molecule has 1 aromatic rings. The van der Waals surface area contributed by atoms with Gasteiger partial charge in [0.1, 0.15) is 5.82 Å². The van der Waals surface area contributed by atoms with Gasteiger partial charge < -0.3 is 10.1 Å². The minimum absolute atomic E-state index is 0.236.